The lowest BCUT2D eigenvalue weighted by Gasteiger charge is -2.24. The van der Waals surface area contributed by atoms with Gasteiger partial charge in [-0.25, -0.2) is 0 Å². The second kappa shape index (κ2) is 10.1. The van der Waals surface area contributed by atoms with Gasteiger partial charge in [0, 0.05) is 5.30 Å². The fraction of sp³-hybridized carbons (Fsp3) is 0.250. The van der Waals surface area contributed by atoms with Crippen molar-refractivity contribution in [2.75, 3.05) is 13.2 Å². The molecule has 2 nitrogen and oxygen atoms in total. The summed E-state index contributed by atoms with van der Waals surface area (Å²) in [4.78, 5) is 0. The molecule has 0 amide bonds. The minimum Gasteiger partial charge on any atom is -0.490 e. The van der Waals surface area contributed by atoms with E-state index in [2.05, 4.69) is 86.6 Å². The summed E-state index contributed by atoms with van der Waals surface area (Å²) in [5.41, 5.74) is 0. The molecule has 0 bridgehead atoms. The quantitative estimate of drug-likeness (QED) is 0.487. The molecule has 0 radical (unpaired) electrons. The minimum atomic E-state index is -0.720. The van der Waals surface area contributed by atoms with E-state index < -0.39 is 7.92 Å². The summed E-state index contributed by atoms with van der Waals surface area (Å²) in [6, 6.07) is 27.7. The van der Waals surface area contributed by atoms with Gasteiger partial charge in [-0.2, -0.15) is 0 Å². The largest absolute Gasteiger partial charge is 0.490 e. The highest BCUT2D eigenvalue weighted by Gasteiger charge is 2.22. The Balaban J connectivity index is 2.13. The summed E-state index contributed by atoms with van der Waals surface area (Å²) in [7, 11) is -0.720. The molecule has 0 atom stereocenters. The van der Waals surface area contributed by atoms with E-state index in [1.807, 2.05) is 6.07 Å². The summed E-state index contributed by atoms with van der Waals surface area (Å²) >= 11 is 0. The molecule has 3 aromatic rings. The van der Waals surface area contributed by atoms with Crippen molar-refractivity contribution in [1.82, 2.24) is 0 Å². The molecule has 3 rings (SSSR count). The Morgan fingerprint density at radius 2 is 1.19 bits per heavy atom. The van der Waals surface area contributed by atoms with Crippen molar-refractivity contribution in [3.63, 3.8) is 0 Å². The molecule has 0 unspecified atom stereocenters. The third kappa shape index (κ3) is 4.90. The predicted molar refractivity (Wildman–Crippen MR) is 117 cm³/mol. The van der Waals surface area contributed by atoms with Crippen LogP contribution in [0.2, 0.25) is 0 Å². The Morgan fingerprint density at radius 3 is 1.74 bits per heavy atom. The van der Waals surface area contributed by atoms with Crippen LogP contribution in [0.5, 0.6) is 11.5 Å². The third-order valence-corrected chi connectivity index (χ3v) is 6.60. The molecule has 0 fully saturated rings. The summed E-state index contributed by atoms with van der Waals surface area (Å²) in [5.74, 6) is 1.74. The van der Waals surface area contributed by atoms with Crippen LogP contribution in [-0.2, 0) is 0 Å². The fourth-order valence-electron chi connectivity index (χ4n) is 2.94. The second-order valence-electron chi connectivity index (χ2n) is 6.31. The second-order valence-corrected chi connectivity index (χ2v) is 8.49. The van der Waals surface area contributed by atoms with Crippen LogP contribution in [0.15, 0.2) is 78.9 Å². The highest BCUT2D eigenvalue weighted by molar-refractivity contribution is 7.80. The lowest BCUT2D eigenvalue weighted by Crippen LogP contribution is -2.23. The van der Waals surface area contributed by atoms with Crippen molar-refractivity contribution in [3.8, 4) is 11.5 Å². The molecule has 0 N–H and O–H groups in total. The average molecular weight is 378 g/mol. The van der Waals surface area contributed by atoms with Gasteiger partial charge in [-0.15, -0.1) is 0 Å². The van der Waals surface area contributed by atoms with Crippen LogP contribution in [-0.4, -0.2) is 13.2 Å². The smallest absolute Gasteiger partial charge is 0.169 e. The van der Waals surface area contributed by atoms with Gasteiger partial charge in [0.15, 0.2) is 11.5 Å². The predicted octanol–water partition coefficient (Wildman–Crippen LogP) is 5.02. The van der Waals surface area contributed by atoms with Crippen LogP contribution in [0.1, 0.15) is 26.7 Å². The zero-order chi connectivity index (χ0) is 18.9. The molecule has 0 saturated carbocycles. The van der Waals surface area contributed by atoms with E-state index >= 15 is 0 Å². The first-order valence-corrected chi connectivity index (χ1v) is 11.0. The van der Waals surface area contributed by atoms with Gasteiger partial charge in [0.2, 0.25) is 0 Å². The monoisotopic (exact) mass is 378 g/mol. The molecule has 3 heteroatoms. The fourth-order valence-corrected chi connectivity index (χ4v) is 5.34. The normalized spacial score (nSPS) is 10.8. The van der Waals surface area contributed by atoms with Crippen molar-refractivity contribution in [2.24, 2.45) is 0 Å². The van der Waals surface area contributed by atoms with Crippen LogP contribution < -0.4 is 25.4 Å². The first-order chi connectivity index (χ1) is 13.3. The molecular weight excluding hydrogens is 351 g/mol. The average Bonchev–Trinajstić information content (AvgIpc) is 2.73. The number of benzene rings is 3. The molecule has 27 heavy (non-hydrogen) atoms. The van der Waals surface area contributed by atoms with Gasteiger partial charge < -0.3 is 9.47 Å². The number of hydrogen-bond acceptors (Lipinski definition) is 2. The Kier molecular flexibility index (Phi) is 7.30. The van der Waals surface area contributed by atoms with E-state index in [-0.39, 0.29) is 0 Å². The van der Waals surface area contributed by atoms with Crippen LogP contribution >= 0.6 is 7.92 Å². The Bertz CT molecular complexity index is 779. The van der Waals surface area contributed by atoms with Crippen molar-refractivity contribution < 1.29 is 9.47 Å². The first-order valence-electron chi connectivity index (χ1n) is 9.64. The highest BCUT2D eigenvalue weighted by Crippen LogP contribution is 2.40. The number of hydrogen-bond donors (Lipinski definition) is 0. The highest BCUT2D eigenvalue weighted by atomic mass is 31.1. The van der Waals surface area contributed by atoms with Gasteiger partial charge >= 0.3 is 0 Å². The number of ether oxygens (including phenoxy) is 2. The number of rotatable bonds is 9. The molecular formula is C24H27O2P. The third-order valence-electron chi connectivity index (χ3n) is 4.14. The maximum Gasteiger partial charge on any atom is 0.169 e. The van der Waals surface area contributed by atoms with E-state index in [0.717, 1.165) is 24.3 Å². The minimum absolute atomic E-state index is 0.687. The van der Waals surface area contributed by atoms with E-state index in [4.69, 9.17) is 9.47 Å². The Hall–Kier alpha value is -2.31. The van der Waals surface area contributed by atoms with Crippen LogP contribution in [0.4, 0.5) is 0 Å². The summed E-state index contributed by atoms with van der Waals surface area (Å²) in [5, 5.41) is 3.84. The maximum atomic E-state index is 6.23. The molecule has 0 heterocycles. The van der Waals surface area contributed by atoms with Crippen molar-refractivity contribution in [3.05, 3.63) is 78.9 Å². The van der Waals surface area contributed by atoms with E-state index in [1.54, 1.807) is 0 Å². The lowest BCUT2D eigenvalue weighted by molar-refractivity contribution is 0.270. The number of para-hydroxylation sites is 1. The van der Waals surface area contributed by atoms with E-state index in [0.29, 0.717) is 13.2 Å². The summed E-state index contributed by atoms with van der Waals surface area (Å²) in [6.07, 6.45) is 1.94. The SMILES string of the molecule is CCCOc1cccc(P(c2ccccc2)c2ccccc2)c1OCCC. The lowest BCUT2D eigenvalue weighted by atomic mass is 10.3. The standard InChI is InChI=1S/C24H27O2P/c1-3-18-25-22-16-11-17-23(24(22)26-19-4-2)27(20-12-7-5-8-13-20)21-14-9-6-10-15-21/h5-17H,3-4,18-19H2,1-2H3. The van der Waals surface area contributed by atoms with Crippen molar-refractivity contribution in [2.45, 2.75) is 26.7 Å². The Morgan fingerprint density at radius 1 is 0.630 bits per heavy atom. The molecule has 0 aliphatic heterocycles. The zero-order valence-corrected chi connectivity index (χ0v) is 17.0. The molecule has 0 aliphatic rings. The van der Waals surface area contributed by atoms with Gasteiger partial charge in [0.25, 0.3) is 0 Å². The molecule has 0 aromatic heterocycles. The molecule has 0 spiro atoms. The topological polar surface area (TPSA) is 18.5 Å². The van der Waals surface area contributed by atoms with Gasteiger partial charge in [0.05, 0.1) is 13.2 Å². The van der Waals surface area contributed by atoms with Gasteiger partial charge in [-0.1, -0.05) is 80.6 Å². The van der Waals surface area contributed by atoms with Crippen LogP contribution in [0, 0.1) is 0 Å². The Labute approximate surface area is 163 Å². The van der Waals surface area contributed by atoms with Crippen molar-refractivity contribution >= 4 is 23.8 Å². The summed E-state index contributed by atoms with van der Waals surface area (Å²) < 4.78 is 12.3. The van der Waals surface area contributed by atoms with Crippen LogP contribution in [0.25, 0.3) is 0 Å². The van der Waals surface area contributed by atoms with E-state index in [9.17, 15) is 0 Å². The van der Waals surface area contributed by atoms with E-state index in [1.165, 1.54) is 15.9 Å². The summed E-state index contributed by atoms with van der Waals surface area (Å²) in [6.45, 7) is 5.64. The maximum absolute atomic E-state index is 6.23. The molecule has 0 aliphatic carbocycles. The van der Waals surface area contributed by atoms with Crippen LogP contribution in [0.3, 0.4) is 0 Å². The van der Waals surface area contributed by atoms with Gasteiger partial charge in [-0.05, 0) is 43.5 Å². The molecule has 0 saturated heterocycles. The van der Waals surface area contributed by atoms with Gasteiger partial charge in [-0.3, -0.25) is 0 Å². The van der Waals surface area contributed by atoms with Gasteiger partial charge in [0.1, 0.15) is 0 Å². The first kappa shape index (κ1) is 19.5. The zero-order valence-electron chi connectivity index (χ0n) is 16.1. The molecule has 140 valence electrons. The van der Waals surface area contributed by atoms with Crippen molar-refractivity contribution in [1.29, 1.82) is 0 Å². The molecule has 3 aromatic carbocycles.